The van der Waals surface area contributed by atoms with Crippen LogP contribution in [0.5, 0.6) is 0 Å². The van der Waals surface area contributed by atoms with Crippen molar-refractivity contribution >= 4 is 93.1 Å². The van der Waals surface area contributed by atoms with Gasteiger partial charge >= 0.3 is 0 Å². The standard InChI is InChI=1S/C48H30N2O/c1-2-16-36(17-3-1)49(38-24-26-40-42-28-34-14-6-7-15-35(34)29-45(42)51-46(40)30-38)43-19-10-20-44-47(43)41-25-22-32-12-8-9-18-39(32)48(41)50(44)37-23-21-31-11-4-5-13-33(31)27-37/h1-30H. The highest BCUT2D eigenvalue weighted by Gasteiger charge is 2.23. The average molecular weight is 651 g/mol. The second-order valence-corrected chi connectivity index (χ2v) is 13.4. The number of fused-ring (bicyclic) bond motifs is 10. The van der Waals surface area contributed by atoms with Gasteiger partial charge in [-0.2, -0.15) is 0 Å². The van der Waals surface area contributed by atoms with Gasteiger partial charge in [-0.3, -0.25) is 0 Å². The van der Waals surface area contributed by atoms with Crippen molar-refractivity contribution in [2.75, 3.05) is 4.90 Å². The molecule has 2 aromatic heterocycles. The van der Waals surface area contributed by atoms with E-state index in [1.807, 2.05) is 0 Å². The molecular weight excluding hydrogens is 621 g/mol. The number of hydrogen-bond acceptors (Lipinski definition) is 2. The lowest BCUT2D eigenvalue weighted by Crippen LogP contribution is -2.10. The molecule has 0 aliphatic rings. The van der Waals surface area contributed by atoms with Crippen LogP contribution in [0.1, 0.15) is 0 Å². The molecule has 0 amide bonds. The van der Waals surface area contributed by atoms with Crippen molar-refractivity contribution in [1.29, 1.82) is 0 Å². The van der Waals surface area contributed by atoms with Crippen molar-refractivity contribution in [2.24, 2.45) is 0 Å². The van der Waals surface area contributed by atoms with Gasteiger partial charge in [0, 0.05) is 50.1 Å². The Morgan fingerprint density at radius 3 is 1.90 bits per heavy atom. The Kier molecular flexibility index (Phi) is 5.96. The van der Waals surface area contributed by atoms with Crippen LogP contribution in [0, 0.1) is 0 Å². The summed E-state index contributed by atoms with van der Waals surface area (Å²) in [6.07, 6.45) is 0. The first kappa shape index (κ1) is 28.0. The van der Waals surface area contributed by atoms with E-state index in [9.17, 15) is 0 Å². The van der Waals surface area contributed by atoms with Crippen molar-refractivity contribution in [3.05, 3.63) is 182 Å². The van der Waals surface area contributed by atoms with E-state index in [1.54, 1.807) is 0 Å². The number of hydrogen-bond donors (Lipinski definition) is 0. The maximum atomic E-state index is 6.60. The third-order valence-electron chi connectivity index (χ3n) is 10.5. The summed E-state index contributed by atoms with van der Waals surface area (Å²) in [5.74, 6) is 0. The van der Waals surface area contributed by atoms with Crippen LogP contribution in [-0.4, -0.2) is 4.57 Å². The molecule has 3 heteroatoms. The van der Waals surface area contributed by atoms with Gasteiger partial charge in [-0.05, 0) is 87.6 Å². The molecule has 0 bridgehead atoms. The average Bonchev–Trinajstić information content (AvgIpc) is 3.72. The Bertz CT molecular complexity index is 3150. The molecule has 3 nitrogen and oxygen atoms in total. The van der Waals surface area contributed by atoms with Crippen LogP contribution in [0.3, 0.4) is 0 Å². The molecule has 11 rings (SSSR count). The smallest absolute Gasteiger partial charge is 0.137 e. The minimum Gasteiger partial charge on any atom is -0.456 e. The van der Waals surface area contributed by atoms with E-state index < -0.39 is 0 Å². The molecule has 238 valence electrons. The fourth-order valence-corrected chi connectivity index (χ4v) is 8.17. The quantitative estimate of drug-likeness (QED) is 0.189. The van der Waals surface area contributed by atoms with Crippen LogP contribution < -0.4 is 4.90 Å². The molecule has 0 atom stereocenters. The molecule has 0 N–H and O–H groups in total. The molecule has 0 saturated heterocycles. The maximum Gasteiger partial charge on any atom is 0.137 e. The van der Waals surface area contributed by atoms with Crippen molar-refractivity contribution in [1.82, 2.24) is 4.57 Å². The second kappa shape index (κ2) is 10.8. The summed E-state index contributed by atoms with van der Waals surface area (Å²) in [6, 6.07) is 65.6. The molecule has 11 aromatic rings. The predicted octanol–water partition coefficient (Wildman–Crippen LogP) is 13.6. The molecular formula is C48H30N2O. The molecule has 0 aliphatic heterocycles. The summed E-state index contributed by atoms with van der Waals surface area (Å²) in [6.45, 7) is 0. The van der Waals surface area contributed by atoms with Gasteiger partial charge in [-0.15, -0.1) is 0 Å². The van der Waals surface area contributed by atoms with Gasteiger partial charge in [-0.25, -0.2) is 0 Å². The molecule has 0 fully saturated rings. The number of aromatic nitrogens is 1. The van der Waals surface area contributed by atoms with Crippen molar-refractivity contribution in [3.8, 4) is 5.69 Å². The van der Waals surface area contributed by atoms with Crippen LogP contribution in [0.15, 0.2) is 186 Å². The van der Waals surface area contributed by atoms with E-state index in [2.05, 4.69) is 191 Å². The largest absolute Gasteiger partial charge is 0.456 e. The van der Waals surface area contributed by atoms with Gasteiger partial charge in [0.15, 0.2) is 0 Å². The first-order valence-electron chi connectivity index (χ1n) is 17.4. The predicted molar refractivity (Wildman–Crippen MR) is 215 cm³/mol. The van der Waals surface area contributed by atoms with Gasteiger partial charge in [0.2, 0.25) is 0 Å². The van der Waals surface area contributed by atoms with E-state index in [4.69, 9.17) is 4.42 Å². The third kappa shape index (κ3) is 4.25. The number of furan rings is 1. The highest BCUT2D eigenvalue weighted by molar-refractivity contribution is 6.23. The van der Waals surface area contributed by atoms with Crippen molar-refractivity contribution in [3.63, 3.8) is 0 Å². The monoisotopic (exact) mass is 650 g/mol. The summed E-state index contributed by atoms with van der Waals surface area (Å²) in [5.41, 5.74) is 8.51. The van der Waals surface area contributed by atoms with Crippen LogP contribution in [-0.2, 0) is 0 Å². The Balaban J connectivity index is 1.21. The minimum absolute atomic E-state index is 0.871. The third-order valence-corrected chi connectivity index (χ3v) is 10.5. The van der Waals surface area contributed by atoms with Crippen LogP contribution >= 0.6 is 0 Å². The Hall–Kier alpha value is -6.84. The Labute approximate surface area is 293 Å². The number of nitrogens with zero attached hydrogens (tertiary/aromatic N) is 2. The zero-order chi connectivity index (χ0) is 33.5. The summed E-state index contributed by atoms with van der Waals surface area (Å²) >= 11 is 0. The van der Waals surface area contributed by atoms with Crippen LogP contribution in [0.25, 0.3) is 81.7 Å². The summed E-state index contributed by atoms with van der Waals surface area (Å²) < 4.78 is 9.05. The first-order chi connectivity index (χ1) is 25.3. The van der Waals surface area contributed by atoms with E-state index in [1.165, 1.54) is 48.6 Å². The highest BCUT2D eigenvalue weighted by Crippen LogP contribution is 2.46. The van der Waals surface area contributed by atoms with Gasteiger partial charge in [0.25, 0.3) is 0 Å². The van der Waals surface area contributed by atoms with Gasteiger partial charge in [0.1, 0.15) is 11.2 Å². The van der Waals surface area contributed by atoms with E-state index >= 15 is 0 Å². The lowest BCUT2D eigenvalue weighted by molar-refractivity contribution is 0.669. The first-order valence-corrected chi connectivity index (χ1v) is 17.4. The molecule has 0 saturated carbocycles. The topological polar surface area (TPSA) is 21.3 Å². The van der Waals surface area contributed by atoms with E-state index in [0.717, 1.165) is 50.2 Å². The zero-order valence-electron chi connectivity index (χ0n) is 27.6. The summed E-state index contributed by atoms with van der Waals surface area (Å²) in [5, 5.41) is 12.0. The Morgan fingerprint density at radius 2 is 1.06 bits per heavy atom. The molecule has 9 aromatic carbocycles. The molecule has 51 heavy (non-hydrogen) atoms. The SMILES string of the molecule is c1ccc(N(c2ccc3c(c2)oc2cc4ccccc4cc23)c2cccc3c2c2ccc4ccccc4c2n3-c2ccc3ccccc3c2)cc1. The van der Waals surface area contributed by atoms with Gasteiger partial charge in [0.05, 0.1) is 16.7 Å². The lowest BCUT2D eigenvalue weighted by Gasteiger charge is -2.26. The normalized spacial score (nSPS) is 11.9. The van der Waals surface area contributed by atoms with Gasteiger partial charge in [-0.1, -0.05) is 115 Å². The molecule has 2 heterocycles. The Morgan fingerprint density at radius 1 is 0.392 bits per heavy atom. The fourth-order valence-electron chi connectivity index (χ4n) is 8.17. The second-order valence-electron chi connectivity index (χ2n) is 13.4. The van der Waals surface area contributed by atoms with Crippen molar-refractivity contribution in [2.45, 2.75) is 0 Å². The summed E-state index contributed by atoms with van der Waals surface area (Å²) in [4.78, 5) is 2.38. The number of para-hydroxylation sites is 1. The number of rotatable bonds is 4. The van der Waals surface area contributed by atoms with Crippen molar-refractivity contribution < 1.29 is 4.42 Å². The van der Waals surface area contributed by atoms with Crippen LogP contribution in [0.2, 0.25) is 0 Å². The maximum absolute atomic E-state index is 6.60. The molecule has 0 unspecified atom stereocenters. The summed E-state index contributed by atoms with van der Waals surface area (Å²) in [7, 11) is 0. The molecule has 0 aliphatic carbocycles. The van der Waals surface area contributed by atoms with Gasteiger partial charge < -0.3 is 13.9 Å². The lowest BCUT2D eigenvalue weighted by atomic mass is 10.0. The zero-order valence-corrected chi connectivity index (χ0v) is 27.6. The molecule has 0 radical (unpaired) electrons. The minimum atomic E-state index is 0.871. The highest BCUT2D eigenvalue weighted by atomic mass is 16.3. The van der Waals surface area contributed by atoms with E-state index in [-0.39, 0.29) is 0 Å². The number of anilines is 3. The van der Waals surface area contributed by atoms with Crippen LogP contribution in [0.4, 0.5) is 17.1 Å². The molecule has 0 spiro atoms. The van der Waals surface area contributed by atoms with E-state index in [0.29, 0.717) is 0 Å². The number of benzene rings is 9. The fraction of sp³-hybridized carbons (Fsp3) is 0.